The minimum Gasteiger partial charge on any atom is -0.463 e. The third-order valence-corrected chi connectivity index (χ3v) is 5.13. The van der Waals surface area contributed by atoms with Crippen molar-refractivity contribution in [3.63, 3.8) is 0 Å². The molecule has 174 valence electrons. The number of hydrogen-bond donors (Lipinski definition) is 0. The lowest BCUT2D eigenvalue weighted by Gasteiger charge is -2.22. The Bertz CT molecular complexity index is 816. The van der Waals surface area contributed by atoms with Crippen LogP contribution in [0.4, 0.5) is 0 Å². The van der Waals surface area contributed by atoms with Gasteiger partial charge in [0.05, 0.1) is 12.1 Å². The van der Waals surface area contributed by atoms with Crippen molar-refractivity contribution in [3.05, 3.63) is 23.3 Å². The van der Waals surface area contributed by atoms with Crippen molar-refractivity contribution in [2.24, 2.45) is 0 Å². The standard InChI is InChI=1S/C22H28N2O8/c1-13-9-17(25)23(21(13)29)15(3)11-31-19(27)7-5-6-8-20(28)32-12-16(4)24-18(26)10-14(2)22(24)30/h9-10,15-16H,5-8,11-12H2,1-4H3. The first-order chi connectivity index (χ1) is 15.0. The Morgan fingerprint density at radius 3 is 1.38 bits per heavy atom. The molecule has 0 aliphatic carbocycles. The van der Waals surface area contributed by atoms with E-state index in [1.165, 1.54) is 12.2 Å². The van der Waals surface area contributed by atoms with Gasteiger partial charge in [-0.2, -0.15) is 0 Å². The first-order valence-corrected chi connectivity index (χ1v) is 10.5. The third kappa shape index (κ3) is 6.12. The number of carbonyl (C=O) groups is 6. The number of amides is 4. The maximum atomic E-state index is 11.9. The number of carbonyl (C=O) groups excluding carboxylic acids is 6. The van der Waals surface area contributed by atoms with Gasteiger partial charge in [0.2, 0.25) is 0 Å². The maximum absolute atomic E-state index is 11.9. The summed E-state index contributed by atoms with van der Waals surface area (Å²) in [6.07, 6.45) is 3.45. The summed E-state index contributed by atoms with van der Waals surface area (Å²) in [6.45, 7) is 6.14. The number of hydrogen-bond acceptors (Lipinski definition) is 8. The Morgan fingerprint density at radius 2 is 1.09 bits per heavy atom. The molecule has 2 aliphatic rings. The van der Waals surface area contributed by atoms with E-state index in [1.54, 1.807) is 27.7 Å². The molecule has 2 rings (SSSR count). The fourth-order valence-corrected chi connectivity index (χ4v) is 3.31. The van der Waals surface area contributed by atoms with E-state index in [4.69, 9.17) is 9.47 Å². The molecule has 10 heteroatoms. The van der Waals surface area contributed by atoms with Gasteiger partial charge < -0.3 is 9.47 Å². The van der Waals surface area contributed by atoms with Gasteiger partial charge in [0, 0.05) is 36.1 Å². The van der Waals surface area contributed by atoms with E-state index in [1.807, 2.05) is 0 Å². The molecule has 0 saturated carbocycles. The second-order valence-electron chi connectivity index (χ2n) is 7.95. The molecule has 2 atom stereocenters. The second-order valence-corrected chi connectivity index (χ2v) is 7.95. The summed E-state index contributed by atoms with van der Waals surface area (Å²) < 4.78 is 10.2. The predicted octanol–water partition coefficient (Wildman–Crippen LogP) is 1.04. The van der Waals surface area contributed by atoms with Crippen molar-refractivity contribution < 1.29 is 38.2 Å². The zero-order valence-electron chi connectivity index (χ0n) is 18.7. The maximum Gasteiger partial charge on any atom is 0.305 e. The van der Waals surface area contributed by atoms with Crippen LogP contribution in [0.5, 0.6) is 0 Å². The number of nitrogens with zero attached hydrogens (tertiary/aromatic N) is 2. The van der Waals surface area contributed by atoms with Crippen LogP contribution >= 0.6 is 0 Å². The average Bonchev–Trinajstić information content (AvgIpc) is 3.14. The summed E-state index contributed by atoms with van der Waals surface area (Å²) in [5.74, 6) is -2.61. The Kier molecular flexibility index (Phi) is 8.45. The van der Waals surface area contributed by atoms with Crippen LogP contribution in [0.25, 0.3) is 0 Å². The summed E-state index contributed by atoms with van der Waals surface area (Å²) in [5, 5.41) is 0. The van der Waals surface area contributed by atoms with Crippen molar-refractivity contribution in [3.8, 4) is 0 Å². The third-order valence-electron chi connectivity index (χ3n) is 5.13. The van der Waals surface area contributed by atoms with E-state index < -0.39 is 47.7 Å². The zero-order chi connectivity index (χ0) is 24.0. The minimum absolute atomic E-state index is 0.0807. The number of imide groups is 2. The van der Waals surface area contributed by atoms with Crippen molar-refractivity contribution in [1.82, 2.24) is 9.80 Å². The Morgan fingerprint density at radius 1 is 0.750 bits per heavy atom. The van der Waals surface area contributed by atoms with Crippen LogP contribution in [0.2, 0.25) is 0 Å². The molecule has 2 unspecified atom stereocenters. The molecule has 0 aromatic heterocycles. The van der Waals surface area contributed by atoms with E-state index in [0.29, 0.717) is 24.0 Å². The normalized spacial score (nSPS) is 18.0. The summed E-state index contributed by atoms with van der Waals surface area (Å²) >= 11 is 0. The molecule has 32 heavy (non-hydrogen) atoms. The molecule has 0 spiro atoms. The lowest BCUT2D eigenvalue weighted by atomic mass is 10.2. The molecule has 0 bridgehead atoms. The van der Waals surface area contributed by atoms with Crippen molar-refractivity contribution in [1.29, 1.82) is 0 Å². The molecular weight excluding hydrogens is 420 g/mol. The largest absolute Gasteiger partial charge is 0.463 e. The van der Waals surface area contributed by atoms with E-state index in [2.05, 4.69) is 0 Å². The van der Waals surface area contributed by atoms with Crippen LogP contribution in [-0.2, 0) is 38.2 Å². The Labute approximate surface area is 186 Å². The summed E-state index contributed by atoms with van der Waals surface area (Å²) in [4.78, 5) is 73.2. The highest BCUT2D eigenvalue weighted by molar-refractivity contribution is 6.16. The lowest BCUT2D eigenvalue weighted by Crippen LogP contribution is -2.41. The highest BCUT2D eigenvalue weighted by Gasteiger charge is 2.33. The fourth-order valence-electron chi connectivity index (χ4n) is 3.31. The molecule has 0 fully saturated rings. The van der Waals surface area contributed by atoms with E-state index in [0.717, 1.165) is 9.80 Å². The second kappa shape index (κ2) is 10.8. The summed E-state index contributed by atoms with van der Waals surface area (Å²) in [6, 6.07) is -1.14. The van der Waals surface area contributed by atoms with Crippen molar-refractivity contribution in [2.45, 2.75) is 65.5 Å². The number of rotatable bonds is 11. The van der Waals surface area contributed by atoms with Crippen LogP contribution in [0.15, 0.2) is 23.3 Å². The summed E-state index contributed by atoms with van der Waals surface area (Å²) in [5.41, 5.74) is 0.694. The highest BCUT2D eigenvalue weighted by atomic mass is 16.5. The first-order valence-electron chi connectivity index (χ1n) is 10.5. The van der Waals surface area contributed by atoms with Gasteiger partial charge in [-0.1, -0.05) is 0 Å². The molecule has 0 N–H and O–H groups in total. The molecule has 2 aliphatic heterocycles. The highest BCUT2D eigenvalue weighted by Crippen LogP contribution is 2.17. The lowest BCUT2D eigenvalue weighted by molar-refractivity contribution is -0.151. The number of esters is 2. The van der Waals surface area contributed by atoms with Crippen molar-refractivity contribution >= 4 is 35.6 Å². The Hall–Kier alpha value is -3.30. The van der Waals surface area contributed by atoms with Gasteiger partial charge in [0.1, 0.15) is 13.2 Å². The SMILES string of the molecule is CC1=CC(=O)N(C(C)COC(=O)CCCCC(=O)OCC(C)N2C(=O)C=C(C)C2=O)C1=O. The van der Waals surface area contributed by atoms with Crippen molar-refractivity contribution in [2.75, 3.05) is 13.2 Å². The van der Waals surface area contributed by atoms with Gasteiger partial charge in [-0.25, -0.2) is 0 Å². The molecule has 2 heterocycles. The molecular formula is C22H28N2O8. The monoisotopic (exact) mass is 448 g/mol. The molecule has 0 radical (unpaired) electrons. The molecule has 4 amide bonds. The van der Waals surface area contributed by atoms with Gasteiger partial charge in [-0.15, -0.1) is 0 Å². The zero-order valence-corrected chi connectivity index (χ0v) is 18.7. The van der Waals surface area contributed by atoms with Crippen LogP contribution in [0.3, 0.4) is 0 Å². The van der Waals surface area contributed by atoms with E-state index in [9.17, 15) is 28.8 Å². The smallest absolute Gasteiger partial charge is 0.305 e. The predicted molar refractivity (Wildman–Crippen MR) is 111 cm³/mol. The van der Waals surface area contributed by atoms with Gasteiger partial charge >= 0.3 is 11.9 Å². The van der Waals surface area contributed by atoms with Gasteiger partial charge in [-0.3, -0.25) is 38.6 Å². The molecule has 0 aromatic carbocycles. The molecule has 10 nitrogen and oxygen atoms in total. The van der Waals surface area contributed by atoms with Crippen LogP contribution in [0.1, 0.15) is 53.4 Å². The topological polar surface area (TPSA) is 127 Å². The van der Waals surface area contributed by atoms with E-state index in [-0.39, 0.29) is 26.1 Å². The fraction of sp³-hybridized carbons (Fsp3) is 0.545. The Balaban J connectivity index is 1.59. The van der Waals surface area contributed by atoms with E-state index >= 15 is 0 Å². The van der Waals surface area contributed by atoms with Gasteiger partial charge in [-0.05, 0) is 40.5 Å². The molecule has 0 aromatic rings. The summed E-state index contributed by atoms with van der Waals surface area (Å²) in [7, 11) is 0. The minimum atomic E-state index is -0.571. The van der Waals surface area contributed by atoms with Crippen LogP contribution < -0.4 is 0 Å². The van der Waals surface area contributed by atoms with Gasteiger partial charge in [0.25, 0.3) is 23.6 Å². The first kappa shape index (κ1) is 25.0. The molecule has 0 saturated heterocycles. The van der Waals surface area contributed by atoms with Crippen LogP contribution in [-0.4, -0.2) is 70.7 Å². The number of ether oxygens (including phenoxy) is 2. The van der Waals surface area contributed by atoms with Gasteiger partial charge in [0.15, 0.2) is 0 Å². The quantitative estimate of drug-likeness (QED) is 0.261. The number of unbranched alkanes of at least 4 members (excludes halogenated alkanes) is 1. The average molecular weight is 448 g/mol. The van der Waals surface area contributed by atoms with Crippen LogP contribution in [0, 0.1) is 0 Å².